The maximum absolute atomic E-state index is 13.6. The molecular weight excluding hydrogens is 476 g/mol. The Kier molecular flexibility index (Phi) is 6.16. The second-order valence-corrected chi connectivity index (χ2v) is 13.4. The quantitative estimate of drug-likeness (QED) is 0.503. The maximum atomic E-state index is 13.6. The monoisotopic (exact) mass is 518 g/mol. The number of hydrogen-bond donors (Lipinski definition) is 1. The van der Waals surface area contributed by atoms with E-state index in [4.69, 9.17) is 4.74 Å². The molecule has 1 aromatic carbocycles. The average molecular weight is 519 g/mol. The average Bonchev–Trinajstić information content (AvgIpc) is 3.54. The number of likely N-dealkylation sites (tertiary alicyclic amines) is 1. The molecule has 2 aliphatic carbocycles. The van der Waals surface area contributed by atoms with Crippen molar-refractivity contribution in [3.05, 3.63) is 40.6 Å². The zero-order valence-electron chi connectivity index (χ0n) is 23.4. The highest BCUT2D eigenvalue weighted by Gasteiger charge is 2.49. The standard InChI is InChI=1S/C32H42N2O4/c1-20-24(29(35)33-18-23(19-33)30(36)37)16-27(34(20)17-21-8-6-5-7-9-21)22-14-25(31(2,3)4)28-26(15-22)32(10-11-32)12-13-38-28/h14-16,21,23H,5-13,17-19H2,1-4H3,(H,36,37). The number of carboxylic acids is 1. The van der Waals surface area contributed by atoms with Gasteiger partial charge in [0, 0.05) is 47.6 Å². The summed E-state index contributed by atoms with van der Waals surface area (Å²) < 4.78 is 8.73. The van der Waals surface area contributed by atoms with Crippen LogP contribution in [-0.2, 0) is 22.2 Å². The molecule has 3 heterocycles. The van der Waals surface area contributed by atoms with Gasteiger partial charge in [-0.15, -0.1) is 0 Å². The van der Waals surface area contributed by atoms with Crippen molar-refractivity contribution in [2.24, 2.45) is 11.8 Å². The number of hydrogen-bond acceptors (Lipinski definition) is 3. The van der Waals surface area contributed by atoms with Crippen molar-refractivity contribution < 1.29 is 19.4 Å². The van der Waals surface area contributed by atoms with E-state index in [1.807, 2.05) is 0 Å². The van der Waals surface area contributed by atoms with Crippen molar-refractivity contribution >= 4 is 11.9 Å². The second kappa shape index (κ2) is 9.17. The van der Waals surface area contributed by atoms with Crippen LogP contribution < -0.4 is 4.74 Å². The lowest BCUT2D eigenvalue weighted by atomic mass is 9.79. The predicted octanol–water partition coefficient (Wildman–Crippen LogP) is 6.31. The molecule has 6 nitrogen and oxygen atoms in total. The van der Waals surface area contributed by atoms with E-state index in [9.17, 15) is 14.7 Å². The number of ether oxygens (including phenoxy) is 1. The number of benzene rings is 1. The predicted molar refractivity (Wildman–Crippen MR) is 148 cm³/mol. The van der Waals surface area contributed by atoms with Crippen LogP contribution in [-0.4, -0.2) is 46.1 Å². The third kappa shape index (κ3) is 4.34. The molecule has 2 aliphatic heterocycles. The van der Waals surface area contributed by atoms with E-state index >= 15 is 0 Å². The number of nitrogens with zero attached hydrogens (tertiary/aromatic N) is 2. The molecule has 2 saturated carbocycles. The Balaban J connectivity index is 1.45. The van der Waals surface area contributed by atoms with E-state index in [-0.39, 0.29) is 16.7 Å². The number of carbonyl (C=O) groups excluding carboxylic acids is 1. The first kappa shape index (κ1) is 25.5. The lowest BCUT2D eigenvalue weighted by Gasteiger charge is -2.36. The summed E-state index contributed by atoms with van der Waals surface area (Å²) >= 11 is 0. The Morgan fingerprint density at radius 1 is 1.05 bits per heavy atom. The van der Waals surface area contributed by atoms with Gasteiger partial charge in [0.25, 0.3) is 5.91 Å². The van der Waals surface area contributed by atoms with Gasteiger partial charge in [0.15, 0.2) is 0 Å². The van der Waals surface area contributed by atoms with Crippen LogP contribution in [0.4, 0.5) is 0 Å². The summed E-state index contributed by atoms with van der Waals surface area (Å²) in [6.45, 7) is 11.2. The van der Waals surface area contributed by atoms with E-state index in [0.29, 0.717) is 24.6 Å². The molecule has 1 spiro atoms. The van der Waals surface area contributed by atoms with Gasteiger partial charge in [-0.25, -0.2) is 0 Å². The molecule has 3 fully saturated rings. The van der Waals surface area contributed by atoms with Crippen molar-refractivity contribution in [3.63, 3.8) is 0 Å². The lowest BCUT2D eigenvalue weighted by Crippen LogP contribution is -2.53. The molecule has 0 unspecified atom stereocenters. The molecule has 0 radical (unpaired) electrons. The molecule has 2 aromatic rings. The van der Waals surface area contributed by atoms with Gasteiger partial charge in [0.05, 0.1) is 18.1 Å². The summed E-state index contributed by atoms with van der Waals surface area (Å²) in [6.07, 6.45) is 9.89. The third-order valence-electron chi connectivity index (χ3n) is 9.73. The molecule has 0 bridgehead atoms. The van der Waals surface area contributed by atoms with Crippen molar-refractivity contribution in [3.8, 4) is 17.0 Å². The van der Waals surface area contributed by atoms with E-state index < -0.39 is 11.9 Å². The maximum Gasteiger partial charge on any atom is 0.310 e. The van der Waals surface area contributed by atoms with Crippen LogP contribution in [0, 0.1) is 18.8 Å². The van der Waals surface area contributed by atoms with Crippen LogP contribution in [0.15, 0.2) is 18.2 Å². The highest BCUT2D eigenvalue weighted by molar-refractivity contribution is 5.98. The summed E-state index contributed by atoms with van der Waals surface area (Å²) in [5.74, 6) is 0.396. The first-order chi connectivity index (χ1) is 18.1. The van der Waals surface area contributed by atoms with E-state index in [1.165, 1.54) is 61.6 Å². The number of carboxylic acid groups (broad SMARTS) is 1. The number of carbonyl (C=O) groups is 2. The zero-order valence-corrected chi connectivity index (χ0v) is 23.4. The molecule has 4 aliphatic rings. The Morgan fingerprint density at radius 3 is 2.39 bits per heavy atom. The molecule has 1 saturated heterocycles. The first-order valence-electron chi connectivity index (χ1n) is 14.6. The van der Waals surface area contributed by atoms with Gasteiger partial charge >= 0.3 is 5.97 Å². The third-order valence-corrected chi connectivity index (χ3v) is 9.73. The molecule has 1 N–H and O–H groups in total. The van der Waals surface area contributed by atoms with E-state index in [1.54, 1.807) is 4.90 Å². The largest absolute Gasteiger partial charge is 0.493 e. The second-order valence-electron chi connectivity index (χ2n) is 13.4. The van der Waals surface area contributed by atoms with Gasteiger partial charge < -0.3 is 19.3 Å². The summed E-state index contributed by atoms with van der Waals surface area (Å²) in [5.41, 5.74) is 6.80. The van der Waals surface area contributed by atoms with Gasteiger partial charge in [-0.1, -0.05) is 40.0 Å². The number of aliphatic carboxylic acids is 1. The topological polar surface area (TPSA) is 71.8 Å². The Morgan fingerprint density at radius 2 is 1.76 bits per heavy atom. The summed E-state index contributed by atoms with van der Waals surface area (Å²) in [5, 5.41) is 9.32. The fraction of sp³-hybridized carbons (Fsp3) is 0.625. The first-order valence-corrected chi connectivity index (χ1v) is 14.6. The van der Waals surface area contributed by atoms with Crippen molar-refractivity contribution in [2.45, 2.75) is 96.4 Å². The highest BCUT2D eigenvalue weighted by Crippen LogP contribution is 2.58. The van der Waals surface area contributed by atoms with Crippen molar-refractivity contribution in [1.82, 2.24) is 9.47 Å². The molecule has 1 amide bonds. The molecule has 38 heavy (non-hydrogen) atoms. The fourth-order valence-corrected chi connectivity index (χ4v) is 6.97. The Hall–Kier alpha value is -2.76. The van der Waals surface area contributed by atoms with E-state index in [2.05, 4.69) is 50.5 Å². The fourth-order valence-electron chi connectivity index (χ4n) is 6.97. The van der Waals surface area contributed by atoms with Gasteiger partial charge in [-0.2, -0.15) is 0 Å². The molecule has 1 aromatic heterocycles. The number of amides is 1. The van der Waals surface area contributed by atoms with Gasteiger partial charge in [0.2, 0.25) is 0 Å². The number of fused-ring (bicyclic) bond motifs is 2. The minimum absolute atomic E-state index is 0.0420. The Bertz CT molecular complexity index is 1250. The van der Waals surface area contributed by atoms with Gasteiger partial charge in [0.1, 0.15) is 5.75 Å². The molecule has 204 valence electrons. The number of aromatic nitrogens is 1. The highest BCUT2D eigenvalue weighted by atomic mass is 16.5. The summed E-state index contributed by atoms with van der Waals surface area (Å²) in [7, 11) is 0. The SMILES string of the molecule is Cc1c(C(=O)N2CC(C(=O)O)C2)cc(-c2cc(C(C)(C)C)c3c(c2)C2(CCO3)CC2)n1CC1CCCCC1. The van der Waals surface area contributed by atoms with Crippen LogP contribution in [0.3, 0.4) is 0 Å². The van der Waals surface area contributed by atoms with Crippen LogP contribution in [0.5, 0.6) is 5.75 Å². The van der Waals surface area contributed by atoms with Crippen molar-refractivity contribution in [1.29, 1.82) is 0 Å². The zero-order chi connectivity index (χ0) is 26.8. The van der Waals surface area contributed by atoms with Crippen molar-refractivity contribution in [2.75, 3.05) is 19.7 Å². The van der Waals surface area contributed by atoms with Crippen LogP contribution in [0.2, 0.25) is 0 Å². The lowest BCUT2D eigenvalue weighted by molar-refractivity contribution is -0.146. The smallest absolute Gasteiger partial charge is 0.310 e. The van der Waals surface area contributed by atoms with Crippen LogP contribution in [0.1, 0.15) is 99.3 Å². The molecule has 0 atom stereocenters. The molecule has 6 rings (SSSR count). The van der Waals surface area contributed by atoms with E-state index in [0.717, 1.165) is 36.7 Å². The minimum Gasteiger partial charge on any atom is -0.493 e. The van der Waals surface area contributed by atoms with Gasteiger partial charge in [-0.05, 0) is 74.1 Å². The minimum atomic E-state index is -0.818. The van der Waals surface area contributed by atoms with Gasteiger partial charge in [-0.3, -0.25) is 9.59 Å². The molecular formula is C32H42N2O4. The number of rotatable bonds is 5. The molecule has 6 heteroatoms. The normalized spacial score (nSPS) is 21.1. The Labute approximate surface area is 226 Å². The van der Waals surface area contributed by atoms with Crippen LogP contribution in [0.25, 0.3) is 11.3 Å². The van der Waals surface area contributed by atoms with Crippen LogP contribution >= 0.6 is 0 Å². The summed E-state index contributed by atoms with van der Waals surface area (Å²) in [6, 6.07) is 6.76. The summed E-state index contributed by atoms with van der Waals surface area (Å²) in [4.78, 5) is 26.6.